The molecule has 7 N–H and O–H groups in total. The fourth-order valence-electron chi connectivity index (χ4n) is 11.1. The number of carbonyl (C=O) groups excluding carboxylic acids is 6. The lowest BCUT2D eigenvalue weighted by Gasteiger charge is -2.49. The smallest absolute Gasteiger partial charge is 0.332 e. The van der Waals surface area contributed by atoms with E-state index in [2.05, 4.69) is 24.6 Å². The summed E-state index contributed by atoms with van der Waals surface area (Å²) in [6.45, 7) is 17.1. The minimum absolute atomic E-state index is 0.0335. The number of hydrogen-bond acceptors (Lipinski definition) is 17. The molecule has 0 aromatic rings. The molecule has 6 saturated heterocycles. The van der Waals surface area contributed by atoms with Gasteiger partial charge in [-0.25, -0.2) is 24.9 Å². The van der Waals surface area contributed by atoms with Crippen LogP contribution in [0.1, 0.15) is 133 Å². The Morgan fingerprint density at radius 2 is 1.58 bits per heavy atom. The van der Waals surface area contributed by atoms with Gasteiger partial charge in [-0.05, 0) is 95.3 Å². The zero-order chi connectivity index (χ0) is 51.1. The molecule has 22 heteroatoms. The molecule has 0 aromatic heterocycles. The van der Waals surface area contributed by atoms with E-state index in [9.17, 15) is 49.7 Å². The molecule has 13 unspecified atom stereocenters. The van der Waals surface area contributed by atoms with Crippen LogP contribution in [0.4, 0.5) is 0 Å². The summed E-state index contributed by atoms with van der Waals surface area (Å²) in [6.07, 6.45) is -0.371. The van der Waals surface area contributed by atoms with Crippen LogP contribution in [0.15, 0.2) is 0 Å². The van der Waals surface area contributed by atoms with Crippen molar-refractivity contribution in [2.24, 2.45) is 23.7 Å². The average molecular weight is 981 g/mol. The summed E-state index contributed by atoms with van der Waals surface area (Å²) < 4.78 is 18.3. The molecule has 0 spiro atoms. The van der Waals surface area contributed by atoms with Crippen LogP contribution in [0.25, 0.3) is 0 Å². The fourth-order valence-corrected chi connectivity index (χ4v) is 11.1. The van der Waals surface area contributed by atoms with E-state index in [4.69, 9.17) is 14.2 Å². The highest BCUT2D eigenvalue weighted by Crippen LogP contribution is 2.42. The van der Waals surface area contributed by atoms with Crippen molar-refractivity contribution in [2.45, 2.75) is 205 Å². The van der Waals surface area contributed by atoms with Gasteiger partial charge in [0.1, 0.15) is 36.4 Å². The monoisotopic (exact) mass is 981 g/mol. The summed E-state index contributed by atoms with van der Waals surface area (Å²) in [7, 11) is 0. The van der Waals surface area contributed by atoms with Crippen LogP contribution < -0.4 is 10.7 Å². The van der Waals surface area contributed by atoms with Gasteiger partial charge in [0.25, 0.3) is 23.6 Å². The normalized spacial score (nSPS) is 37.0. The van der Waals surface area contributed by atoms with Crippen molar-refractivity contribution in [3.8, 4) is 0 Å². The highest BCUT2D eigenvalue weighted by Gasteiger charge is 2.60. The molecule has 0 bridgehead atoms. The molecule has 13 atom stereocenters. The largest absolute Gasteiger partial charge is 0.458 e. The molecule has 6 rings (SSSR count). The van der Waals surface area contributed by atoms with Crippen molar-refractivity contribution in [1.29, 1.82) is 0 Å². The summed E-state index contributed by atoms with van der Waals surface area (Å²) >= 11 is 0. The van der Waals surface area contributed by atoms with Crippen molar-refractivity contribution in [3.05, 3.63) is 0 Å². The quantitative estimate of drug-likeness (QED) is 0.0909. The third-order valence-corrected chi connectivity index (χ3v) is 15.0. The van der Waals surface area contributed by atoms with Gasteiger partial charge in [-0.2, -0.15) is 0 Å². The number of esters is 1. The number of rotatable bonds is 10. The second kappa shape index (κ2) is 21.6. The van der Waals surface area contributed by atoms with E-state index in [-0.39, 0.29) is 56.4 Å². The second-order valence-electron chi connectivity index (χ2n) is 21.6. The molecule has 69 heavy (non-hydrogen) atoms. The minimum atomic E-state index is -2.71. The van der Waals surface area contributed by atoms with E-state index in [1.54, 1.807) is 23.9 Å². The van der Waals surface area contributed by atoms with Crippen LogP contribution in [0.5, 0.6) is 0 Å². The van der Waals surface area contributed by atoms with Crippen LogP contribution in [-0.4, -0.2) is 196 Å². The first-order valence-corrected chi connectivity index (χ1v) is 25.3. The number of aliphatic hydroxyl groups is 3. The summed E-state index contributed by atoms with van der Waals surface area (Å²) in [5.41, 5.74) is -1.39. The van der Waals surface area contributed by atoms with Crippen LogP contribution in [0.2, 0.25) is 0 Å². The summed E-state index contributed by atoms with van der Waals surface area (Å²) in [6, 6.07) is -7.61. The third-order valence-electron chi connectivity index (χ3n) is 15.0. The Balaban J connectivity index is 1.44. The zero-order valence-electron chi connectivity index (χ0n) is 42.2. The summed E-state index contributed by atoms with van der Waals surface area (Å²) in [5.74, 6) is -9.78. The van der Waals surface area contributed by atoms with Gasteiger partial charge in [-0.15, -0.1) is 0 Å². The van der Waals surface area contributed by atoms with Gasteiger partial charge in [0.15, 0.2) is 17.9 Å². The lowest BCUT2D eigenvalue weighted by molar-refractivity contribution is -0.329. The first-order valence-electron chi connectivity index (χ1n) is 25.3. The van der Waals surface area contributed by atoms with E-state index in [1.807, 2.05) is 13.8 Å². The third kappa shape index (κ3) is 11.1. The van der Waals surface area contributed by atoms with Gasteiger partial charge in [-0.1, -0.05) is 55.4 Å². The topological polar surface area (TPSA) is 278 Å². The van der Waals surface area contributed by atoms with Crippen molar-refractivity contribution < 1.29 is 68.7 Å². The van der Waals surface area contributed by atoms with Crippen molar-refractivity contribution >= 4 is 35.5 Å². The molecule has 22 nitrogen and oxygen atoms in total. The standard InChI is InChI=1S/C47H80N8O14/c1-11-21-50-22-14-16-31-39(57)52(65)25-33-42(67-33)53-30(15-13-20-48-53)38(56)51-23-19-45(9,62)37(51)41(59)55(66)35(27(5)6)43(60)68-36(28(7)8)34(40(58)54(31)50)49-44(61)46(10,63)47(64)18-17-29(24-26(3)4)32(12-2)69-47/h26-37,42,48,62-66H,11-25H2,1-10H3,(H,49,61). The lowest BCUT2D eigenvalue weighted by atomic mass is 9.78. The second-order valence-corrected chi connectivity index (χ2v) is 21.6. The average Bonchev–Trinajstić information content (AvgIpc) is 3.98. The molecular formula is C47H80N8O14. The predicted molar refractivity (Wildman–Crippen MR) is 244 cm³/mol. The Morgan fingerprint density at radius 3 is 2.20 bits per heavy atom. The van der Waals surface area contributed by atoms with Gasteiger partial charge in [0.05, 0.1) is 18.2 Å². The number of nitrogens with zero attached hydrogens (tertiary/aromatic N) is 6. The molecular weight excluding hydrogens is 901 g/mol. The van der Waals surface area contributed by atoms with Gasteiger partial charge in [-0.3, -0.25) is 44.8 Å². The van der Waals surface area contributed by atoms with E-state index in [1.165, 1.54) is 25.7 Å². The number of cyclic esters (lactones) is 1. The van der Waals surface area contributed by atoms with Crippen LogP contribution >= 0.6 is 0 Å². The number of nitrogens with one attached hydrogen (secondary N) is 2. The van der Waals surface area contributed by atoms with E-state index in [0.717, 1.165) is 18.4 Å². The SMILES string of the molecule is CCCN1CCCC2C(=O)N(O)CC3OC3N3NCCCC3C(=O)N3CCC(C)(O)C3C(=O)N(O)C(C(C)C)C(=O)OC(C(C)C)C(NC(=O)C(C)(O)C3(O)CCC(CC(C)C)C(CC)O3)C(=O)N21. The predicted octanol–water partition coefficient (Wildman–Crippen LogP) is 0.868. The maximum Gasteiger partial charge on any atom is 0.332 e. The maximum absolute atomic E-state index is 15.6. The van der Waals surface area contributed by atoms with Gasteiger partial charge in [0.2, 0.25) is 11.7 Å². The zero-order valence-corrected chi connectivity index (χ0v) is 42.2. The molecule has 6 heterocycles. The fraction of sp³-hybridized carbons (Fsp3) is 0.872. The summed E-state index contributed by atoms with van der Waals surface area (Å²) in [5, 5.41) is 66.9. The number of hydrazine groups is 2. The Bertz CT molecular complexity index is 1890. The Hall–Kier alpha value is -3.58. The molecule has 0 aromatic carbocycles. The van der Waals surface area contributed by atoms with E-state index >= 15 is 4.79 Å². The first kappa shape index (κ1) is 54.7. The van der Waals surface area contributed by atoms with Crippen LogP contribution in [-0.2, 0) is 43.0 Å². The number of epoxide rings is 1. The molecule has 6 fully saturated rings. The number of ether oxygens (including phenoxy) is 3. The number of hydroxylamine groups is 4. The molecule has 6 aliphatic heterocycles. The lowest BCUT2D eigenvalue weighted by Crippen LogP contribution is -2.70. The van der Waals surface area contributed by atoms with E-state index in [0.29, 0.717) is 56.1 Å². The number of hydrogen-bond donors (Lipinski definition) is 7. The minimum Gasteiger partial charge on any atom is -0.458 e. The van der Waals surface area contributed by atoms with Crippen LogP contribution in [0.3, 0.4) is 0 Å². The Morgan fingerprint density at radius 1 is 0.899 bits per heavy atom. The molecule has 392 valence electrons. The molecule has 0 radical (unpaired) electrons. The molecule has 6 aliphatic rings. The van der Waals surface area contributed by atoms with E-state index < -0.39 is 119 Å². The highest BCUT2D eigenvalue weighted by molar-refractivity contribution is 5.96. The number of carbonyl (C=O) groups is 6. The number of amides is 5. The molecule has 0 aliphatic carbocycles. The Labute approximate surface area is 405 Å². The van der Waals surface area contributed by atoms with Gasteiger partial charge in [0, 0.05) is 32.6 Å². The number of fused-ring (bicyclic) bond motifs is 5. The Kier molecular flexibility index (Phi) is 17.2. The van der Waals surface area contributed by atoms with Gasteiger partial charge < -0.3 is 39.7 Å². The van der Waals surface area contributed by atoms with Crippen molar-refractivity contribution in [1.82, 2.24) is 40.8 Å². The first-order chi connectivity index (χ1) is 32.3. The van der Waals surface area contributed by atoms with Crippen molar-refractivity contribution in [3.63, 3.8) is 0 Å². The maximum atomic E-state index is 15.6. The van der Waals surface area contributed by atoms with Crippen LogP contribution in [0, 0.1) is 23.7 Å². The molecule has 5 amide bonds. The van der Waals surface area contributed by atoms with Crippen molar-refractivity contribution in [2.75, 3.05) is 32.7 Å². The van der Waals surface area contributed by atoms with Gasteiger partial charge >= 0.3 is 5.97 Å². The summed E-state index contributed by atoms with van der Waals surface area (Å²) in [4.78, 5) is 89.9. The highest BCUT2D eigenvalue weighted by atomic mass is 16.7. The molecule has 0 saturated carbocycles.